The Morgan fingerprint density at radius 3 is 2.21 bits per heavy atom. The maximum Gasteiger partial charge on any atom is 0.350 e. The van der Waals surface area contributed by atoms with Gasteiger partial charge in [0, 0.05) is 28.4 Å². The molecule has 0 aliphatic heterocycles. The first kappa shape index (κ1) is 19.9. The molecule has 0 unspecified atom stereocenters. The van der Waals surface area contributed by atoms with E-state index in [1.807, 2.05) is 24.3 Å². The van der Waals surface area contributed by atoms with E-state index in [1.54, 1.807) is 24.3 Å². The van der Waals surface area contributed by atoms with Crippen LogP contribution in [0.5, 0.6) is 0 Å². The van der Waals surface area contributed by atoms with Crippen molar-refractivity contribution in [2.75, 3.05) is 10.6 Å². The number of fused-ring (bicyclic) bond motifs is 1. The lowest BCUT2D eigenvalue weighted by molar-refractivity contribution is -0.123. The van der Waals surface area contributed by atoms with Crippen LogP contribution in [0.1, 0.15) is 23.5 Å². The van der Waals surface area contributed by atoms with Crippen molar-refractivity contribution in [1.82, 2.24) is 0 Å². The molecule has 28 heavy (non-hydrogen) atoms. The summed E-state index contributed by atoms with van der Waals surface area (Å²) in [7, 11) is 0. The molecule has 6 nitrogen and oxygen atoms in total. The SMILES string of the molecule is CC(=O)Nc1ccc(NC(=O)[C@@H](C)OC(=O)c2sc3ccccc3c2Cl)cc1. The first-order chi connectivity index (χ1) is 13.3. The number of carbonyl (C=O) groups is 3. The Bertz CT molecular complexity index is 1050. The highest BCUT2D eigenvalue weighted by molar-refractivity contribution is 7.21. The van der Waals surface area contributed by atoms with Gasteiger partial charge >= 0.3 is 5.97 Å². The van der Waals surface area contributed by atoms with Crippen LogP contribution >= 0.6 is 22.9 Å². The molecule has 144 valence electrons. The van der Waals surface area contributed by atoms with E-state index in [0.29, 0.717) is 16.4 Å². The molecule has 2 aromatic carbocycles. The number of thiophene rings is 1. The van der Waals surface area contributed by atoms with Crippen molar-refractivity contribution >= 4 is 62.2 Å². The molecule has 1 atom stereocenters. The highest BCUT2D eigenvalue weighted by atomic mass is 35.5. The molecule has 0 bridgehead atoms. The number of halogens is 1. The average molecular weight is 417 g/mol. The first-order valence-corrected chi connectivity index (χ1v) is 9.61. The molecule has 2 amide bonds. The zero-order valence-electron chi connectivity index (χ0n) is 15.1. The maximum atomic E-state index is 12.4. The largest absolute Gasteiger partial charge is 0.448 e. The molecule has 0 aliphatic rings. The minimum Gasteiger partial charge on any atom is -0.448 e. The minimum absolute atomic E-state index is 0.183. The van der Waals surface area contributed by atoms with E-state index < -0.39 is 18.0 Å². The molecular weight excluding hydrogens is 400 g/mol. The van der Waals surface area contributed by atoms with Gasteiger partial charge in [-0.3, -0.25) is 9.59 Å². The van der Waals surface area contributed by atoms with Crippen LogP contribution in [0.4, 0.5) is 11.4 Å². The molecule has 0 spiro atoms. The average Bonchev–Trinajstić information content (AvgIpc) is 3.00. The number of rotatable bonds is 5. The van der Waals surface area contributed by atoms with Gasteiger partial charge in [-0.2, -0.15) is 0 Å². The quantitative estimate of drug-likeness (QED) is 0.590. The number of nitrogens with one attached hydrogen (secondary N) is 2. The molecule has 0 saturated carbocycles. The summed E-state index contributed by atoms with van der Waals surface area (Å²) in [6.07, 6.45) is -1.01. The van der Waals surface area contributed by atoms with E-state index >= 15 is 0 Å². The predicted molar refractivity (Wildman–Crippen MR) is 111 cm³/mol. The van der Waals surface area contributed by atoms with Crippen molar-refractivity contribution in [3.8, 4) is 0 Å². The topological polar surface area (TPSA) is 84.5 Å². The van der Waals surface area contributed by atoms with Gasteiger partial charge in [-0.15, -0.1) is 11.3 Å². The third-order valence-corrected chi connectivity index (χ3v) is 5.50. The Morgan fingerprint density at radius 2 is 1.61 bits per heavy atom. The zero-order chi connectivity index (χ0) is 20.3. The first-order valence-electron chi connectivity index (χ1n) is 8.41. The summed E-state index contributed by atoms with van der Waals surface area (Å²) in [6, 6.07) is 14.0. The van der Waals surface area contributed by atoms with Gasteiger partial charge < -0.3 is 15.4 Å². The van der Waals surface area contributed by atoms with Gasteiger partial charge in [0.15, 0.2) is 6.10 Å². The standard InChI is InChI=1S/C20H17ClN2O4S/c1-11(19(25)23-14-9-7-13(8-10-14)22-12(2)24)27-20(26)18-17(21)15-5-3-4-6-16(15)28-18/h3-11H,1-2H3,(H,22,24)(H,23,25)/t11-/m1/s1. The fraction of sp³-hybridized carbons (Fsp3) is 0.150. The summed E-state index contributed by atoms with van der Waals surface area (Å²) in [5.74, 6) is -1.30. The summed E-state index contributed by atoms with van der Waals surface area (Å²) in [6.45, 7) is 2.90. The summed E-state index contributed by atoms with van der Waals surface area (Å²) in [4.78, 5) is 36.0. The van der Waals surface area contributed by atoms with Gasteiger partial charge in [0.1, 0.15) is 4.88 Å². The number of amides is 2. The molecule has 3 rings (SSSR count). The summed E-state index contributed by atoms with van der Waals surface area (Å²) < 4.78 is 6.15. The second-order valence-corrected chi connectivity index (χ2v) is 7.47. The molecule has 8 heteroatoms. The van der Waals surface area contributed by atoms with Crippen molar-refractivity contribution in [3.05, 3.63) is 58.4 Å². The van der Waals surface area contributed by atoms with Crippen LogP contribution in [0.2, 0.25) is 5.02 Å². The maximum absolute atomic E-state index is 12.4. The lowest BCUT2D eigenvalue weighted by Gasteiger charge is -2.13. The summed E-state index contributed by atoms with van der Waals surface area (Å²) in [5.41, 5.74) is 1.13. The Morgan fingerprint density at radius 1 is 1.00 bits per heavy atom. The van der Waals surface area contributed by atoms with Crippen molar-refractivity contribution in [2.45, 2.75) is 20.0 Å². The van der Waals surface area contributed by atoms with E-state index in [-0.39, 0.29) is 10.8 Å². The third kappa shape index (κ3) is 4.49. The Hall–Kier alpha value is -2.90. The summed E-state index contributed by atoms with van der Waals surface area (Å²) >= 11 is 7.50. The van der Waals surface area contributed by atoms with Gasteiger partial charge in [-0.05, 0) is 37.3 Å². The van der Waals surface area contributed by atoms with Crippen LogP contribution in [-0.4, -0.2) is 23.9 Å². The zero-order valence-corrected chi connectivity index (χ0v) is 16.7. The van der Waals surface area contributed by atoms with Crippen LogP contribution in [0.3, 0.4) is 0 Å². The smallest absolute Gasteiger partial charge is 0.350 e. The molecule has 3 aromatic rings. The normalized spacial score (nSPS) is 11.7. The lowest BCUT2D eigenvalue weighted by Crippen LogP contribution is -2.29. The number of esters is 1. The van der Waals surface area contributed by atoms with Gasteiger partial charge in [0.2, 0.25) is 5.91 Å². The van der Waals surface area contributed by atoms with E-state index in [0.717, 1.165) is 10.1 Å². The predicted octanol–water partition coefficient (Wildman–Crippen LogP) is 4.70. The highest BCUT2D eigenvalue weighted by Crippen LogP contribution is 2.35. The molecule has 1 heterocycles. The number of ether oxygens (including phenoxy) is 1. The van der Waals surface area contributed by atoms with E-state index in [4.69, 9.17) is 16.3 Å². The van der Waals surface area contributed by atoms with Crippen LogP contribution in [-0.2, 0) is 14.3 Å². The molecule has 0 radical (unpaired) electrons. The molecule has 1 aromatic heterocycles. The molecule has 0 fully saturated rings. The molecule has 2 N–H and O–H groups in total. The van der Waals surface area contributed by atoms with E-state index in [1.165, 1.54) is 25.2 Å². The fourth-order valence-electron chi connectivity index (χ4n) is 2.50. The number of anilines is 2. The Labute approximate surface area is 170 Å². The molecular formula is C20H17ClN2O4S. The van der Waals surface area contributed by atoms with Gasteiger partial charge in [-0.1, -0.05) is 29.8 Å². The number of hydrogen-bond donors (Lipinski definition) is 2. The Kier molecular flexibility index (Phi) is 5.96. The number of benzene rings is 2. The van der Waals surface area contributed by atoms with Crippen molar-refractivity contribution < 1.29 is 19.1 Å². The minimum atomic E-state index is -1.01. The van der Waals surface area contributed by atoms with Crippen molar-refractivity contribution in [1.29, 1.82) is 0 Å². The number of hydrogen-bond acceptors (Lipinski definition) is 5. The lowest BCUT2D eigenvalue weighted by atomic mass is 10.2. The second-order valence-electron chi connectivity index (χ2n) is 6.04. The van der Waals surface area contributed by atoms with Crippen LogP contribution in [0.25, 0.3) is 10.1 Å². The molecule has 0 aliphatic carbocycles. The monoisotopic (exact) mass is 416 g/mol. The van der Waals surface area contributed by atoms with E-state index in [2.05, 4.69) is 10.6 Å². The van der Waals surface area contributed by atoms with Crippen LogP contribution in [0.15, 0.2) is 48.5 Å². The highest BCUT2D eigenvalue weighted by Gasteiger charge is 2.23. The second kappa shape index (κ2) is 8.41. The van der Waals surface area contributed by atoms with Crippen molar-refractivity contribution in [2.24, 2.45) is 0 Å². The van der Waals surface area contributed by atoms with Crippen molar-refractivity contribution in [3.63, 3.8) is 0 Å². The number of carbonyl (C=O) groups excluding carboxylic acids is 3. The molecule has 0 saturated heterocycles. The fourth-order valence-corrected chi connectivity index (χ4v) is 3.89. The third-order valence-electron chi connectivity index (χ3n) is 3.85. The summed E-state index contributed by atoms with van der Waals surface area (Å²) in [5, 5.41) is 6.40. The van der Waals surface area contributed by atoms with Crippen LogP contribution < -0.4 is 10.6 Å². The van der Waals surface area contributed by atoms with Gasteiger partial charge in [-0.25, -0.2) is 4.79 Å². The van der Waals surface area contributed by atoms with Crippen LogP contribution in [0, 0.1) is 0 Å². The van der Waals surface area contributed by atoms with Gasteiger partial charge in [0.25, 0.3) is 5.91 Å². The van der Waals surface area contributed by atoms with Gasteiger partial charge in [0.05, 0.1) is 5.02 Å². The van der Waals surface area contributed by atoms with E-state index in [9.17, 15) is 14.4 Å². The Balaban J connectivity index is 1.64.